The van der Waals surface area contributed by atoms with Gasteiger partial charge in [0, 0.05) is 17.1 Å². The Morgan fingerprint density at radius 3 is 2.73 bits per heavy atom. The van der Waals surface area contributed by atoms with Gasteiger partial charge in [-0.15, -0.1) is 35.3 Å². The summed E-state index contributed by atoms with van der Waals surface area (Å²) in [6, 6.07) is 5.42. The first-order valence-electron chi connectivity index (χ1n) is 6.32. The topological polar surface area (TPSA) is 81.8 Å². The number of nitrogens with zero attached hydrogens (tertiary/aromatic N) is 2. The van der Waals surface area contributed by atoms with Gasteiger partial charge >= 0.3 is 0 Å². The van der Waals surface area contributed by atoms with Crippen molar-refractivity contribution < 1.29 is 9.47 Å². The number of nitrogens with one attached hydrogen (secondary N) is 1. The number of rotatable bonds is 5. The van der Waals surface area contributed by atoms with Gasteiger partial charge in [-0.05, 0) is 19.1 Å². The molecule has 2 rings (SSSR count). The number of anilines is 1. The number of benzene rings is 1. The number of hydrogen-bond acceptors (Lipinski definition) is 5. The van der Waals surface area contributed by atoms with Gasteiger partial charge < -0.3 is 20.5 Å². The van der Waals surface area contributed by atoms with E-state index in [1.807, 2.05) is 19.2 Å². The lowest BCUT2D eigenvalue weighted by Gasteiger charge is -2.11. The van der Waals surface area contributed by atoms with Crippen LogP contribution >= 0.6 is 35.3 Å². The van der Waals surface area contributed by atoms with E-state index in [9.17, 15) is 0 Å². The molecule has 0 aliphatic rings. The molecule has 0 fully saturated rings. The van der Waals surface area contributed by atoms with E-state index in [0.717, 1.165) is 9.88 Å². The molecular formula is C14H19IN4O2S. The van der Waals surface area contributed by atoms with E-state index in [0.29, 0.717) is 29.7 Å². The Bertz CT molecular complexity index is 646. The minimum Gasteiger partial charge on any atom is -0.497 e. The van der Waals surface area contributed by atoms with E-state index in [2.05, 4.69) is 15.3 Å². The molecule has 0 saturated carbocycles. The molecule has 0 atom stereocenters. The lowest BCUT2D eigenvalue weighted by Crippen LogP contribution is -2.23. The molecular weight excluding hydrogens is 415 g/mol. The van der Waals surface area contributed by atoms with Gasteiger partial charge in [-0.1, -0.05) is 0 Å². The molecule has 0 amide bonds. The van der Waals surface area contributed by atoms with E-state index in [1.165, 1.54) is 0 Å². The van der Waals surface area contributed by atoms with Crippen LogP contribution in [0.2, 0.25) is 0 Å². The van der Waals surface area contributed by atoms with Gasteiger partial charge in [0.2, 0.25) is 0 Å². The van der Waals surface area contributed by atoms with Crippen molar-refractivity contribution in [3.8, 4) is 11.5 Å². The van der Waals surface area contributed by atoms with E-state index in [-0.39, 0.29) is 24.0 Å². The highest BCUT2D eigenvalue weighted by Gasteiger charge is 2.06. The summed E-state index contributed by atoms with van der Waals surface area (Å²) >= 11 is 1.60. The Hall–Kier alpha value is -1.55. The fraction of sp³-hybridized carbons (Fsp3) is 0.286. The third-order valence-electron chi connectivity index (χ3n) is 2.72. The normalized spacial score (nSPS) is 10.8. The summed E-state index contributed by atoms with van der Waals surface area (Å²) in [6.45, 7) is 2.46. The molecule has 2 aromatic rings. The van der Waals surface area contributed by atoms with Gasteiger partial charge in [0.05, 0.1) is 26.5 Å². The van der Waals surface area contributed by atoms with Crippen molar-refractivity contribution in [1.29, 1.82) is 0 Å². The molecule has 8 heteroatoms. The number of methoxy groups -OCH3 is 2. The van der Waals surface area contributed by atoms with Crippen LogP contribution in [0.1, 0.15) is 9.88 Å². The molecule has 0 bridgehead atoms. The average molecular weight is 434 g/mol. The predicted octanol–water partition coefficient (Wildman–Crippen LogP) is 3.01. The number of halogens is 1. The monoisotopic (exact) mass is 434 g/mol. The van der Waals surface area contributed by atoms with Crippen LogP contribution in [-0.2, 0) is 6.54 Å². The lowest BCUT2D eigenvalue weighted by molar-refractivity contribution is 0.405. The van der Waals surface area contributed by atoms with Crippen LogP contribution in [0.25, 0.3) is 0 Å². The Labute approximate surface area is 150 Å². The molecule has 0 saturated heterocycles. The summed E-state index contributed by atoms with van der Waals surface area (Å²) in [6.07, 6.45) is 1.82. The molecule has 0 aliphatic carbocycles. The van der Waals surface area contributed by atoms with E-state index in [1.54, 1.807) is 37.7 Å². The van der Waals surface area contributed by atoms with Crippen LogP contribution in [-0.4, -0.2) is 25.2 Å². The van der Waals surface area contributed by atoms with Crippen LogP contribution in [0, 0.1) is 6.92 Å². The molecule has 0 spiro atoms. The van der Waals surface area contributed by atoms with Crippen molar-refractivity contribution in [3.63, 3.8) is 0 Å². The van der Waals surface area contributed by atoms with Crippen LogP contribution in [0.3, 0.4) is 0 Å². The lowest BCUT2D eigenvalue weighted by atomic mass is 10.2. The van der Waals surface area contributed by atoms with Crippen LogP contribution in [0.15, 0.2) is 29.4 Å². The van der Waals surface area contributed by atoms with Crippen molar-refractivity contribution in [2.75, 3.05) is 19.5 Å². The summed E-state index contributed by atoms with van der Waals surface area (Å²) in [5, 5.41) is 3.94. The van der Waals surface area contributed by atoms with Gasteiger partial charge in [0.25, 0.3) is 0 Å². The number of ether oxygens (including phenoxy) is 2. The molecule has 6 nitrogen and oxygen atoms in total. The highest BCUT2D eigenvalue weighted by atomic mass is 127. The Balaban J connectivity index is 0.00000242. The first-order valence-corrected chi connectivity index (χ1v) is 7.14. The third-order valence-corrected chi connectivity index (χ3v) is 3.62. The SMILES string of the molecule is COc1ccc(OC)c(NC(N)=NCc2ncc(C)s2)c1.I. The Morgan fingerprint density at radius 2 is 2.14 bits per heavy atom. The number of guanidine groups is 1. The Morgan fingerprint density at radius 1 is 1.36 bits per heavy atom. The Kier molecular flexibility index (Phi) is 7.39. The highest BCUT2D eigenvalue weighted by molar-refractivity contribution is 14.0. The van der Waals surface area contributed by atoms with Crippen molar-refractivity contribution in [2.24, 2.45) is 10.7 Å². The first-order chi connectivity index (χ1) is 10.1. The smallest absolute Gasteiger partial charge is 0.193 e. The number of aliphatic imine (C=N–C) groups is 1. The predicted molar refractivity (Wildman–Crippen MR) is 101 cm³/mol. The maximum Gasteiger partial charge on any atom is 0.193 e. The summed E-state index contributed by atoms with van der Waals surface area (Å²) in [4.78, 5) is 9.66. The number of nitrogens with two attached hydrogens (primary N) is 1. The van der Waals surface area contributed by atoms with E-state index < -0.39 is 0 Å². The zero-order valence-corrected chi connectivity index (χ0v) is 15.8. The second-order valence-corrected chi connectivity index (χ2v) is 5.58. The fourth-order valence-corrected chi connectivity index (χ4v) is 2.43. The quantitative estimate of drug-likeness (QED) is 0.430. The molecule has 1 aromatic heterocycles. The highest BCUT2D eigenvalue weighted by Crippen LogP contribution is 2.28. The molecule has 22 heavy (non-hydrogen) atoms. The van der Waals surface area contributed by atoms with Crippen molar-refractivity contribution in [1.82, 2.24) is 4.98 Å². The van der Waals surface area contributed by atoms with Gasteiger partial charge in [0.15, 0.2) is 5.96 Å². The maximum absolute atomic E-state index is 5.89. The minimum absolute atomic E-state index is 0. The number of thiazole rings is 1. The summed E-state index contributed by atoms with van der Waals surface area (Å²) in [5.41, 5.74) is 6.60. The molecule has 0 unspecified atom stereocenters. The van der Waals surface area contributed by atoms with Crippen molar-refractivity contribution in [3.05, 3.63) is 34.3 Å². The molecule has 0 radical (unpaired) electrons. The van der Waals surface area contributed by atoms with Gasteiger partial charge in [-0.2, -0.15) is 0 Å². The number of hydrogen-bond donors (Lipinski definition) is 2. The van der Waals surface area contributed by atoms with E-state index in [4.69, 9.17) is 15.2 Å². The average Bonchev–Trinajstić information content (AvgIpc) is 2.90. The first kappa shape index (κ1) is 18.5. The van der Waals surface area contributed by atoms with Gasteiger partial charge in [-0.25, -0.2) is 9.98 Å². The summed E-state index contributed by atoms with van der Waals surface area (Å²) in [7, 11) is 3.20. The number of aryl methyl sites for hydroxylation is 1. The molecule has 120 valence electrons. The second-order valence-electron chi connectivity index (χ2n) is 4.26. The molecule has 1 heterocycles. The zero-order chi connectivity index (χ0) is 15.2. The largest absolute Gasteiger partial charge is 0.497 e. The summed E-state index contributed by atoms with van der Waals surface area (Å²) < 4.78 is 10.5. The zero-order valence-electron chi connectivity index (χ0n) is 12.6. The van der Waals surface area contributed by atoms with Gasteiger partial charge in [0.1, 0.15) is 16.5 Å². The summed E-state index contributed by atoms with van der Waals surface area (Å²) in [5.74, 6) is 1.68. The fourth-order valence-electron chi connectivity index (χ4n) is 1.72. The maximum atomic E-state index is 5.89. The van der Waals surface area contributed by atoms with Crippen LogP contribution in [0.4, 0.5) is 5.69 Å². The van der Waals surface area contributed by atoms with Gasteiger partial charge in [-0.3, -0.25) is 0 Å². The molecule has 3 N–H and O–H groups in total. The molecule has 0 aliphatic heterocycles. The number of aromatic nitrogens is 1. The third kappa shape index (κ3) is 5.02. The standard InChI is InChI=1S/C14H18N4O2S.HI/c1-9-7-16-13(21-9)8-17-14(15)18-11-6-10(19-2)4-5-12(11)20-3;/h4-7H,8H2,1-3H3,(H3,15,17,18);1H. The minimum atomic E-state index is 0. The van der Waals surface area contributed by atoms with Crippen molar-refractivity contribution in [2.45, 2.75) is 13.5 Å². The van der Waals surface area contributed by atoms with E-state index >= 15 is 0 Å². The van der Waals surface area contributed by atoms with Crippen molar-refractivity contribution >= 4 is 47.0 Å². The van der Waals surface area contributed by atoms with Crippen LogP contribution in [0.5, 0.6) is 11.5 Å². The second kappa shape index (κ2) is 8.79. The van der Waals surface area contributed by atoms with Crippen LogP contribution < -0.4 is 20.5 Å². The molecule has 1 aromatic carbocycles.